The van der Waals surface area contributed by atoms with Gasteiger partial charge in [-0.2, -0.15) is 0 Å². The third-order valence-electron chi connectivity index (χ3n) is 0.417. The fourth-order valence-electron chi connectivity index (χ4n) is 0.177. The van der Waals surface area contributed by atoms with E-state index in [4.69, 9.17) is 0 Å². The molecule has 0 aromatic carbocycles. The first-order valence-electron chi connectivity index (χ1n) is 2.19. The van der Waals surface area contributed by atoms with Gasteiger partial charge in [0, 0.05) is 0 Å². The van der Waals surface area contributed by atoms with Crippen LogP contribution in [0.1, 0.15) is 0 Å². The first kappa shape index (κ1) is 14.8. The van der Waals surface area contributed by atoms with Crippen molar-refractivity contribution in [3.63, 3.8) is 0 Å². The van der Waals surface area contributed by atoms with Crippen molar-refractivity contribution >= 4 is 109 Å². The average Bonchev–Trinajstić information content (AvgIpc) is 1.97. The van der Waals surface area contributed by atoms with Gasteiger partial charge in [-0.3, -0.25) is 0 Å². The number of rotatable bonds is 6. The number of hydrogen-bond donors (Lipinski definition) is 0. The van der Waals surface area contributed by atoms with Crippen LogP contribution < -0.4 is 0 Å². The van der Waals surface area contributed by atoms with Gasteiger partial charge in [0.15, 0.2) is 0 Å². The summed E-state index contributed by atoms with van der Waals surface area (Å²) in [6.07, 6.45) is 0. The third-order valence-corrected chi connectivity index (χ3v) is 277. The van der Waals surface area contributed by atoms with Crippen molar-refractivity contribution in [2.45, 2.75) is 0 Å². The molecule has 0 saturated carbocycles. The molecule has 0 rings (SSSR count). The Kier molecular flexibility index (Phi) is 20.5. The molecule has 8 unspecified atom stereocenters. The normalized spacial score (nSPS) is 18.1. The molecule has 0 aromatic rings. The molecule has 0 N–H and O–H groups in total. The monoisotopic (exact) mass is 699 g/mol. The zero-order valence-electron chi connectivity index (χ0n) is 4.93. The molecule has 1 nitrogen and oxygen atoms in total. The Morgan fingerprint density at radius 2 is 1.80 bits per heavy atom. The van der Waals surface area contributed by atoms with E-state index in [0.717, 1.165) is 58.1 Å². The summed E-state index contributed by atoms with van der Waals surface area (Å²) in [4.78, 5) is 0. The molecule has 0 aliphatic heterocycles. The van der Waals surface area contributed by atoms with E-state index in [9.17, 15) is 3.74 Å². The van der Waals surface area contributed by atoms with Crippen LogP contribution in [0.2, 0.25) is 0 Å². The van der Waals surface area contributed by atoms with E-state index in [1.54, 1.807) is 0 Å². The van der Waals surface area contributed by atoms with Gasteiger partial charge < -0.3 is 0 Å². The summed E-state index contributed by atoms with van der Waals surface area (Å²) in [5.74, 6) is 0. The van der Waals surface area contributed by atoms with Gasteiger partial charge in [0.25, 0.3) is 0 Å². The fourth-order valence-corrected chi connectivity index (χ4v) is 602. The second-order valence-electron chi connectivity index (χ2n) is 0.959. The average molecular weight is 699 g/mol. The molecule has 0 heterocycles. The van der Waals surface area contributed by atoms with Crippen LogP contribution in [0.15, 0.2) is 0 Å². The maximum absolute atomic E-state index is 10.3. The molecule has 0 aromatic heterocycles. The summed E-state index contributed by atoms with van der Waals surface area (Å²) in [6.45, 7) is 0. The summed E-state index contributed by atoms with van der Waals surface area (Å²) < 4.78 is 10.3. The Morgan fingerprint density at radius 1 is 1.10 bits per heavy atom. The van der Waals surface area contributed by atoms with Crippen LogP contribution in [0.5, 0.6) is 0 Å². The molecule has 10 heavy (non-hydrogen) atoms. The summed E-state index contributed by atoms with van der Waals surface area (Å²) in [7, 11) is 0. The van der Waals surface area contributed by atoms with Gasteiger partial charge in [-0.05, 0) is 0 Å². The Balaban J connectivity index is 2.83. The van der Waals surface area contributed by atoms with Crippen LogP contribution >= 0.6 is 0 Å². The zero-order valence-corrected chi connectivity index (χ0v) is 23.9. The van der Waals surface area contributed by atoms with Crippen molar-refractivity contribution in [2.75, 3.05) is 0 Å². The summed E-state index contributed by atoms with van der Waals surface area (Å²) in [5.41, 5.74) is 0. The molecule has 0 aliphatic carbocycles. The van der Waals surface area contributed by atoms with Gasteiger partial charge in [0.05, 0.1) is 0 Å². The van der Waals surface area contributed by atoms with Crippen molar-refractivity contribution in [1.29, 1.82) is 0 Å². The molecule has 10 heteroatoms. The molecule has 60 valence electrons. The molecule has 0 spiro atoms. The topological polar surface area (TPSA) is 17.1 Å². The van der Waals surface area contributed by atoms with Gasteiger partial charge in [-0.15, -0.1) is 0 Å². The van der Waals surface area contributed by atoms with Gasteiger partial charge in [-0.25, -0.2) is 0 Å². The summed E-state index contributed by atoms with van der Waals surface area (Å²) >= 11 is 6.60. The minimum absolute atomic E-state index is 0.541. The van der Waals surface area contributed by atoms with Crippen molar-refractivity contribution in [3.05, 3.63) is 0 Å². The van der Waals surface area contributed by atoms with E-state index in [2.05, 4.69) is 14.8 Å². The molecule has 8 atom stereocenters. The second-order valence-corrected chi connectivity index (χ2v) is 124. The predicted molar refractivity (Wildman–Crippen MR) is 65.0 cm³/mol. The van der Waals surface area contributed by atoms with Crippen LogP contribution in [0.4, 0.5) is 0 Å². The van der Waals surface area contributed by atoms with Crippen LogP contribution in [-0.2, 0) is 3.74 Å². The van der Waals surface area contributed by atoms with Crippen LogP contribution in [0.25, 0.3) is 0 Å². The first-order chi connectivity index (χ1) is 4.91. The van der Waals surface area contributed by atoms with E-state index < -0.39 is 13.1 Å². The Hall–Kier alpha value is 4.83. The molecule has 0 amide bonds. The van der Waals surface area contributed by atoms with Crippen molar-refractivity contribution in [1.82, 2.24) is 0 Å². The molecular weight excluding hydrogens is 690 g/mol. The Labute approximate surface area is 109 Å². The SMILES string of the molecule is O=[AsH]=[As][AsH][AsH][AsH][AsH][AsH][AsH][AsH2]. The van der Waals surface area contributed by atoms with Gasteiger partial charge in [0.1, 0.15) is 0 Å². The molecule has 0 saturated heterocycles. The van der Waals surface area contributed by atoms with Crippen LogP contribution in [0.3, 0.4) is 0 Å². The summed E-state index contributed by atoms with van der Waals surface area (Å²) in [6, 6.07) is 0. The van der Waals surface area contributed by atoms with Crippen molar-refractivity contribution < 1.29 is 3.74 Å². The minimum atomic E-state index is -0.541. The molecule has 0 fully saturated rings. The van der Waals surface area contributed by atoms with Gasteiger partial charge >= 0.3 is 112 Å². The third kappa shape index (κ3) is 12.8. The first-order valence-corrected chi connectivity index (χ1v) is 54.7. The van der Waals surface area contributed by atoms with E-state index >= 15 is 0 Å². The van der Waals surface area contributed by atoms with Crippen molar-refractivity contribution in [2.24, 2.45) is 0 Å². The van der Waals surface area contributed by atoms with E-state index in [1.807, 2.05) is 0 Å². The Bertz CT molecular complexity index is 101. The zero-order chi connectivity index (χ0) is 7.66. The van der Waals surface area contributed by atoms with Crippen molar-refractivity contribution in [3.8, 4) is 0 Å². The Morgan fingerprint density at radius 3 is 2.40 bits per heavy atom. The fraction of sp³-hybridized carbons (Fsp3) is 0. The molecular formula is H9As9O. The van der Waals surface area contributed by atoms with E-state index in [1.165, 1.54) is 0 Å². The van der Waals surface area contributed by atoms with E-state index in [-0.39, 0.29) is 0 Å². The van der Waals surface area contributed by atoms with Gasteiger partial charge in [-0.1, -0.05) is 0 Å². The standard InChI is InChI=1S/As9H9O/c1-2-3-4-5-6-7-8-9-10/h2-7,9H,1H2. The van der Waals surface area contributed by atoms with Crippen LogP contribution in [0, 0.1) is 0 Å². The van der Waals surface area contributed by atoms with Crippen LogP contribution in [-0.4, -0.2) is 109 Å². The second kappa shape index (κ2) is 13.8. The van der Waals surface area contributed by atoms with Gasteiger partial charge in [0.2, 0.25) is 0 Å². The number of hydrogen-bond acceptors (Lipinski definition) is 1. The summed E-state index contributed by atoms with van der Waals surface area (Å²) in [5, 5.41) is 0. The molecule has 0 bridgehead atoms. The molecule has 0 aliphatic rings. The quantitative estimate of drug-likeness (QED) is 0.200. The molecule has 0 radical (unpaired) electrons. The van der Waals surface area contributed by atoms with E-state index in [0.29, 0.717) is 22.7 Å². The maximum atomic E-state index is 10.3. The predicted octanol–water partition coefficient (Wildman–Crippen LogP) is -5.96.